The van der Waals surface area contributed by atoms with Crippen LogP contribution >= 0.6 is 0 Å². The molecule has 170 valence electrons. The van der Waals surface area contributed by atoms with Crippen LogP contribution in [0.5, 0.6) is 17.2 Å². The first-order chi connectivity index (χ1) is 14.5. The van der Waals surface area contributed by atoms with Gasteiger partial charge in [0.1, 0.15) is 11.9 Å². The molecular weight excluding hydrogens is 437 g/mol. The van der Waals surface area contributed by atoms with E-state index < -0.39 is 33.6 Å². The lowest BCUT2D eigenvalue weighted by molar-refractivity contribution is -0.139. The summed E-state index contributed by atoms with van der Waals surface area (Å²) in [4.78, 5) is 1.81. The van der Waals surface area contributed by atoms with Crippen LogP contribution in [0.3, 0.4) is 0 Å². The summed E-state index contributed by atoms with van der Waals surface area (Å²) >= 11 is 0. The van der Waals surface area contributed by atoms with Gasteiger partial charge in [0.15, 0.2) is 11.5 Å². The molecule has 1 aliphatic heterocycles. The Morgan fingerprint density at radius 1 is 1.03 bits per heavy atom. The van der Waals surface area contributed by atoms with Gasteiger partial charge in [0.05, 0.1) is 30.4 Å². The van der Waals surface area contributed by atoms with Gasteiger partial charge in [-0.05, 0) is 37.7 Å². The fraction of sp³-hybridized carbons (Fsp3) is 0.400. The van der Waals surface area contributed by atoms with Crippen LogP contribution in [0, 0.1) is 0 Å². The summed E-state index contributed by atoms with van der Waals surface area (Å²) in [7, 11) is 0.522. The first kappa shape index (κ1) is 23.0. The predicted molar refractivity (Wildman–Crippen MR) is 108 cm³/mol. The minimum absolute atomic E-state index is 0.0517. The summed E-state index contributed by atoms with van der Waals surface area (Å²) in [6, 6.07) is 6.90. The van der Waals surface area contributed by atoms with Crippen molar-refractivity contribution in [1.29, 1.82) is 0 Å². The number of likely N-dealkylation sites (tertiary alicyclic amines) is 1. The number of hydrogen-bond donors (Lipinski definition) is 1. The molecule has 2 aromatic carbocycles. The molecule has 1 atom stereocenters. The van der Waals surface area contributed by atoms with Gasteiger partial charge in [-0.15, -0.1) is 0 Å². The van der Waals surface area contributed by atoms with Gasteiger partial charge < -0.3 is 19.1 Å². The van der Waals surface area contributed by atoms with Crippen LogP contribution in [0.2, 0.25) is 0 Å². The highest BCUT2D eigenvalue weighted by Gasteiger charge is 2.36. The average Bonchev–Trinajstić information content (AvgIpc) is 3.10. The van der Waals surface area contributed by atoms with Crippen molar-refractivity contribution >= 4 is 15.7 Å². The highest BCUT2D eigenvalue weighted by Crippen LogP contribution is 2.39. The maximum Gasteiger partial charge on any atom is 0.419 e. The van der Waals surface area contributed by atoms with E-state index in [0.717, 1.165) is 18.2 Å². The predicted octanol–water partition coefficient (Wildman–Crippen LogP) is 3.61. The van der Waals surface area contributed by atoms with Crippen molar-refractivity contribution < 1.29 is 35.8 Å². The van der Waals surface area contributed by atoms with E-state index >= 15 is 0 Å². The Balaban J connectivity index is 1.91. The van der Waals surface area contributed by atoms with Crippen molar-refractivity contribution in [3.63, 3.8) is 0 Å². The fourth-order valence-electron chi connectivity index (χ4n) is 3.29. The van der Waals surface area contributed by atoms with E-state index in [1.165, 1.54) is 32.4 Å². The van der Waals surface area contributed by atoms with Crippen molar-refractivity contribution in [3.8, 4) is 17.2 Å². The Morgan fingerprint density at radius 2 is 1.74 bits per heavy atom. The first-order valence-electron chi connectivity index (χ1n) is 9.35. The van der Waals surface area contributed by atoms with Gasteiger partial charge in [0.2, 0.25) is 0 Å². The Hall–Kier alpha value is -2.66. The number of methoxy groups -OCH3 is 2. The van der Waals surface area contributed by atoms with Crippen LogP contribution < -0.4 is 18.9 Å². The lowest BCUT2D eigenvalue weighted by atomic mass is 10.1. The Kier molecular flexibility index (Phi) is 6.56. The van der Waals surface area contributed by atoms with E-state index in [2.05, 4.69) is 4.72 Å². The maximum absolute atomic E-state index is 13.4. The van der Waals surface area contributed by atoms with Gasteiger partial charge in [-0.2, -0.15) is 13.2 Å². The number of ether oxygens (including phenoxy) is 3. The third-order valence-corrected chi connectivity index (χ3v) is 6.23. The summed E-state index contributed by atoms with van der Waals surface area (Å²) in [5.41, 5.74) is -1.01. The molecule has 1 saturated heterocycles. The molecule has 11 heteroatoms. The lowest BCUT2D eigenvalue weighted by Crippen LogP contribution is -2.23. The van der Waals surface area contributed by atoms with Gasteiger partial charge in [-0.1, -0.05) is 0 Å². The minimum atomic E-state index is -4.64. The summed E-state index contributed by atoms with van der Waals surface area (Å²) in [6.07, 6.45) is -4.47. The smallest absolute Gasteiger partial charge is 0.419 e. The third kappa shape index (κ3) is 5.34. The van der Waals surface area contributed by atoms with E-state index in [1.54, 1.807) is 0 Å². The molecule has 0 amide bonds. The van der Waals surface area contributed by atoms with E-state index in [0.29, 0.717) is 25.3 Å². The van der Waals surface area contributed by atoms with Crippen molar-refractivity contribution in [2.45, 2.75) is 23.6 Å². The molecule has 0 aliphatic carbocycles. The summed E-state index contributed by atoms with van der Waals surface area (Å²) in [6.45, 7) is 1.19. The van der Waals surface area contributed by atoms with Crippen LogP contribution in [0.25, 0.3) is 0 Å². The van der Waals surface area contributed by atoms with E-state index in [9.17, 15) is 21.6 Å². The van der Waals surface area contributed by atoms with Gasteiger partial charge in [-0.25, -0.2) is 8.42 Å². The van der Waals surface area contributed by atoms with Crippen LogP contribution in [0.15, 0.2) is 41.3 Å². The van der Waals surface area contributed by atoms with Crippen molar-refractivity contribution in [2.75, 3.05) is 39.1 Å². The third-order valence-electron chi connectivity index (χ3n) is 4.85. The molecule has 0 radical (unpaired) electrons. The molecule has 31 heavy (non-hydrogen) atoms. The van der Waals surface area contributed by atoms with Gasteiger partial charge in [0.25, 0.3) is 10.0 Å². The molecule has 1 aliphatic rings. The molecule has 0 aromatic heterocycles. The SMILES string of the molecule is COc1ccc(S(=O)(=O)Nc2ccc(C(F)(F)F)c(OC3CCN(C)C3)c2)cc1OC. The number of anilines is 1. The number of halogens is 3. The highest BCUT2D eigenvalue weighted by molar-refractivity contribution is 7.92. The average molecular weight is 460 g/mol. The number of benzene rings is 2. The number of rotatable bonds is 7. The molecule has 3 rings (SSSR count). The molecule has 1 fully saturated rings. The normalized spacial score (nSPS) is 17.4. The monoisotopic (exact) mass is 460 g/mol. The zero-order chi connectivity index (χ0) is 22.8. The van der Waals surface area contributed by atoms with Crippen molar-refractivity contribution in [1.82, 2.24) is 4.90 Å². The molecule has 7 nitrogen and oxygen atoms in total. The number of likely N-dealkylation sites (N-methyl/N-ethyl adjacent to an activating group) is 1. The zero-order valence-electron chi connectivity index (χ0n) is 17.2. The second-order valence-electron chi connectivity index (χ2n) is 7.12. The Morgan fingerprint density at radius 3 is 2.32 bits per heavy atom. The second kappa shape index (κ2) is 8.83. The Labute approximate surface area is 178 Å². The summed E-state index contributed by atoms with van der Waals surface area (Å²) in [5.74, 6) is 0.126. The zero-order valence-corrected chi connectivity index (χ0v) is 18.0. The van der Waals surface area contributed by atoms with Crippen LogP contribution in [-0.4, -0.2) is 53.8 Å². The number of hydrogen-bond acceptors (Lipinski definition) is 6. The molecule has 0 saturated carbocycles. The lowest BCUT2D eigenvalue weighted by Gasteiger charge is -2.19. The van der Waals surface area contributed by atoms with Crippen molar-refractivity contribution in [2.24, 2.45) is 0 Å². The molecule has 1 heterocycles. The largest absolute Gasteiger partial charge is 0.493 e. The van der Waals surface area contributed by atoms with Crippen LogP contribution in [0.4, 0.5) is 18.9 Å². The Bertz CT molecular complexity index is 1040. The summed E-state index contributed by atoms with van der Waals surface area (Å²) in [5, 5.41) is 0. The second-order valence-corrected chi connectivity index (χ2v) is 8.80. The van der Waals surface area contributed by atoms with Gasteiger partial charge in [-0.3, -0.25) is 4.72 Å². The van der Waals surface area contributed by atoms with Crippen LogP contribution in [0.1, 0.15) is 12.0 Å². The minimum Gasteiger partial charge on any atom is -0.493 e. The molecule has 0 bridgehead atoms. The topological polar surface area (TPSA) is 77.1 Å². The highest BCUT2D eigenvalue weighted by atomic mass is 32.2. The molecular formula is C20H23F3N2O5S. The fourth-order valence-corrected chi connectivity index (χ4v) is 4.35. The van der Waals surface area contributed by atoms with Crippen LogP contribution in [-0.2, 0) is 16.2 Å². The van der Waals surface area contributed by atoms with E-state index in [4.69, 9.17) is 14.2 Å². The van der Waals surface area contributed by atoms with Gasteiger partial charge >= 0.3 is 6.18 Å². The van der Waals surface area contributed by atoms with E-state index in [-0.39, 0.29) is 16.3 Å². The number of sulfonamides is 1. The molecule has 1 N–H and O–H groups in total. The number of nitrogens with zero attached hydrogens (tertiary/aromatic N) is 1. The van der Waals surface area contributed by atoms with E-state index in [1.807, 2.05) is 11.9 Å². The first-order valence-corrected chi connectivity index (χ1v) is 10.8. The van der Waals surface area contributed by atoms with Gasteiger partial charge in [0, 0.05) is 25.2 Å². The molecule has 0 spiro atoms. The number of nitrogens with one attached hydrogen (secondary N) is 1. The molecule has 2 aromatic rings. The number of alkyl halides is 3. The molecule has 1 unspecified atom stereocenters. The standard InChI is InChI=1S/C20H23F3N2O5S/c1-25-9-8-14(12-25)30-18-10-13(4-6-16(18)20(21,22)23)24-31(26,27)15-5-7-17(28-2)19(11-15)29-3/h4-7,10-11,14,24H,8-9,12H2,1-3H3. The summed E-state index contributed by atoms with van der Waals surface area (Å²) < 4.78 is 83.9. The van der Waals surface area contributed by atoms with Crippen molar-refractivity contribution in [3.05, 3.63) is 42.0 Å². The quantitative estimate of drug-likeness (QED) is 0.681. The maximum atomic E-state index is 13.4.